The second-order valence-corrected chi connectivity index (χ2v) is 6.20. The lowest BCUT2D eigenvalue weighted by Crippen LogP contribution is -2.48. The van der Waals surface area contributed by atoms with E-state index in [0.717, 1.165) is 16.5 Å². The molecule has 128 valence electrons. The first-order chi connectivity index (χ1) is 11.6. The summed E-state index contributed by atoms with van der Waals surface area (Å²) < 4.78 is 5.24. The number of aliphatic hydroxyl groups is 2. The number of hydrogen-bond acceptors (Lipinski definition) is 4. The van der Waals surface area contributed by atoms with Crippen LogP contribution >= 0.6 is 0 Å². The van der Waals surface area contributed by atoms with Gasteiger partial charge in [-0.2, -0.15) is 0 Å². The van der Waals surface area contributed by atoms with Crippen LogP contribution in [0.2, 0.25) is 0 Å². The molecule has 0 radical (unpaired) electrons. The van der Waals surface area contributed by atoms with Crippen LogP contribution in [0.3, 0.4) is 0 Å². The molecule has 6 nitrogen and oxygen atoms in total. The van der Waals surface area contributed by atoms with E-state index in [1.165, 1.54) is 11.0 Å². The second kappa shape index (κ2) is 7.17. The van der Waals surface area contributed by atoms with E-state index in [2.05, 4.69) is 4.98 Å². The SMILES string of the molecule is CN(C[C@@H]1COC[C@@H](O)[C@H]1O)C(=O)/C=C/c1c[nH]c2ccccc12. The normalized spacial score (nSPS) is 24.5. The summed E-state index contributed by atoms with van der Waals surface area (Å²) in [6, 6.07) is 7.89. The van der Waals surface area contributed by atoms with Gasteiger partial charge in [0, 0.05) is 42.7 Å². The number of carbonyl (C=O) groups is 1. The van der Waals surface area contributed by atoms with E-state index in [-0.39, 0.29) is 18.4 Å². The minimum Gasteiger partial charge on any atom is -0.390 e. The Bertz CT molecular complexity index is 739. The summed E-state index contributed by atoms with van der Waals surface area (Å²) in [5.74, 6) is -0.447. The van der Waals surface area contributed by atoms with E-state index in [0.29, 0.717) is 13.2 Å². The third-order valence-electron chi connectivity index (χ3n) is 4.41. The third kappa shape index (κ3) is 3.51. The molecule has 2 heterocycles. The zero-order chi connectivity index (χ0) is 17.1. The molecule has 1 aliphatic heterocycles. The molecule has 1 aromatic heterocycles. The molecule has 0 spiro atoms. The second-order valence-electron chi connectivity index (χ2n) is 6.20. The van der Waals surface area contributed by atoms with Gasteiger partial charge in [0.05, 0.1) is 19.3 Å². The fraction of sp³-hybridized carbons (Fsp3) is 0.389. The van der Waals surface area contributed by atoms with Crippen LogP contribution in [0.5, 0.6) is 0 Å². The fourth-order valence-corrected chi connectivity index (χ4v) is 2.97. The molecule has 24 heavy (non-hydrogen) atoms. The molecule has 1 fully saturated rings. The predicted molar refractivity (Wildman–Crippen MR) is 91.3 cm³/mol. The van der Waals surface area contributed by atoms with Gasteiger partial charge in [-0.15, -0.1) is 0 Å². The van der Waals surface area contributed by atoms with Gasteiger partial charge in [0.1, 0.15) is 6.10 Å². The van der Waals surface area contributed by atoms with E-state index >= 15 is 0 Å². The van der Waals surface area contributed by atoms with Gasteiger partial charge in [0.2, 0.25) is 5.91 Å². The number of rotatable bonds is 4. The van der Waals surface area contributed by atoms with Gasteiger partial charge in [0.25, 0.3) is 0 Å². The van der Waals surface area contributed by atoms with Crippen LogP contribution in [0.25, 0.3) is 17.0 Å². The van der Waals surface area contributed by atoms with Crippen molar-refractivity contribution >= 4 is 22.9 Å². The minimum absolute atomic E-state index is 0.135. The van der Waals surface area contributed by atoms with Crippen LogP contribution in [0.15, 0.2) is 36.5 Å². The number of aliphatic hydroxyl groups excluding tert-OH is 2. The summed E-state index contributed by atoms with van der Waals surface area (Å²) >= 11 is 0. The number of aromatic amines is 1. The highest BCUT2D eigenvalue weighted by Gasteiger charge is 2.32. The van der Waals surface area contributed by atoms with Crippen LogP contribution in [0, 0.1) is 5.92 Å². The van der Waals surface area contributed by atoms with Crippen molar-refractivity contribution in [2.45, 2.75) is 12.2 Å². The lowest BCUT2D eigenvalue weighted by molar-refractivity contribution is -0.136. The monoisotopic (exact) mass is 330 g/mol. The maximum atomic E-state index is 12.3. The zero-order valence-electron chi connectivity index (χ0n) is 13.6. The molecular weight excluding hydrogens is 308 g/mol. The number of nitrogens with one attached hydrogen (secondary N) is 1. The molecule has 2 aromatic rings. The van der Waals surface area contributed by atoms with Gasteiger partial charge in [-0.1, -0.05) is 18.2 Å². The summed E-state index contributed by atoms with van der Waals surface area (Å²) in [6.07, 6.45) is 3.40. The van der Waals surface area contributed by atoms with Gasteiger partial charge >= 0.3 is 0 Å². The Balaban J connectivity index is 1.63. The van der Waals surface area contributed by atoms with E-state index in [4.69, 9.17) is 4.74 Å². The molecule has 0 aliphatic carbocycles. The Morgan fingerprint density at radius 3 is 3.00 bits per heavy atom. The van der Waals surface area contributed by atoms with Crippen molar-refractivity contribution in [2.24, 2.45) is 5.92 Å². The number of fused-ring (bicyclic) bond motifs is 1. The number of amides is 1. The Labute approximate surface area is 140 Å². The van der Waals surface area contributed by atoms with Crippen LogP contribution in [0.1, 0.15) is 5.56 Å². The Morgan fingerprint density at radius 2 is 2.17 bits per heavy atom. The maximum absolute atomic E-state index is 12.3. The van der Waals surface area contributed by atoms with Gasteiger partial charge in [-0.25, -0.2) is 0 Å². The van der Waals surface area contributed by atoms with Crippen molar-refractivity contribution in [2.75, 3.05) is 26.8 Å². The van der Waals surface area contributed by atoms with Gasteiger partial charge in [-0.05, 0) is 17.7 Å². The summed E-state index contributed by atoms with van der Waals surface area (Å²) in [6.45, 7) is 0.799. The summed E-state index contributed by atoms with van der Waals surface area (Å²) in [5.41, 5.74) is 1.97. The van der Waals surface area contributed by atoms with E-state index in [1.54, 1.807) is 13.1 Å². The molecule has 0 unspecified atom stereocenters. The molecule has 3 N–H and O–H groups in total. The van der Waals surface area contributed by atoms with Gasteiger partial charge in [-0.3, -0.25) is 4.79 Å². The number of likely N-dealkylation sites (N-methyl/N-ethyl adjacent to an activating group) is 1. The molecule has 3 atom stereocenters. The molecular formula is C18H22N2O4. The zero-order valence-corrected chi connectivity index (χ0v) is 13.6. The van der Waals surface area contributed by atoms with Crippen molar-refractivity contribution < 1.29 is 19.7 Å². The van der Waals surface area contributed by atoms with Crippen LogP contribution in [-0.2, 0) is 9.53 Å². The molecule has 1 aromatic carbocycles. The Morgan fingerprint density at radius 1 is 1.38 bits per heavy atom. The molecule has 1 amide bonds. The van der Waals surface area contributed by atoms with E-state index < -0.39 is 12.2 Å². The quantitative estimate of drug-likeness (QED) is 0.730. The summed E-state index contributed by atoms with van der Waals surface area (Å²) in [7, 11) is 1.68. The average molecular weight is 330 g/mol. The van der Waals surface area contributed by atoms with Gasteiger partial charge in [0.15, 0.2) is 0 Å². The minimum atomic E-state index is -0.894. The standard InChI is InChI=1S/C18H22N2O4/c1-20(9-13-10-24-11-16(21)18(13)23)17(22)7-6-12-8-19-15-5-3-2-4-14(12)15/h2-8,13,16,18-19,21,23H,9-11H2,1H3/b7-6+/t13-,16-,18+/m1/s1. The Hall–Kier alpha value is -2.15. The van der Waals surface area contributed by atoms with Crippen molar-refractivity contribution in [3.05, 3.63) is 42.1 Å². The Kier molecular flexibility index (Phi) is 4.99. The lowest BCUT2D eigenvalue weighted by Gasteiger charge is -2.33. The molecule has 0 saturated carbocycles. The number of aromatic nitrogens is 1. The largest absolute Gasteiger partial charge is 0.390 e. The third-order valence-corrected chi connectivity index (χ3v) is 4.41. The van der Waals surface area contributed by atoms with Gasteiger partial charge < -0.3 is 24.8 Å². The first-order valence-electron chi connectivity index (χ1n) is 7.99. The van der Waals surface area contributed by atoms with Crippen molar-refractivity contribution in [3.8, 4) is 0 Å². The highest BCUT2D eigenvalue weighted by Crippen LogP contribution is 2.19. The first kappa shape index (κ1) is 16.7. The van der Waals surface area contributed by atoms with Crippen molar-refractivity contribution in [1.29, 1.82) is 0 Å². The summed E-state index contributed by atoms with van der Waals surface area (Å²) in [5, 5.41) is 20.7. The number of H-pyrrole nitrogens is 1. The first-order valence-corrected chi connectivity index (χ1v) is 7.99. The van der Waals surface area contributed by atoms with Crippen molar-refractivity contribution in [3.63, 3.8) is 0 Å². The van der Waals surface area contributed by atoms with E-state index in [9.17, 15) is 15.0 Å². The lowest BCUT2D eigenvalue weighted by atomic mass is 9.96. The highest BCUT2D eigenvalue weighted by atomic mass is 16.5. The highest BCUT2D eigenvalue weighted by molar-refractivity contribution is 5.96. The van der Waals surface area contributed by atoms with E-state index in [1.807, 2.05) is 30.5 Å². The number of para-hydroxylation sites is 1. The number of nitrogens with zero attached hydrogens (tertiary/aromatic N) is 1. The maximum Gasteiger partial charge on any atom is 0.246 e. The molecule has 0 bridgehead atoms. The van der Waals surface area contributed by atoms with Crippen LogP contribution in [0.4, 0.5) is 0 Å². The van der Waals surface area contributed by atoms with Crippen LogP contribution < -0.4 is 0 Å². The predicted octanol–water partition coefficient (Wildman–Crippen LogP) is 1.01. The molecule has 3 rings (SSSR count). The number of carbonyl (C=O) groups excluding carboxylic acids is 1. The number of hydrogen-bond donors (Lipinski definition) is 3. The smallest absolute Gasteiger partial charge is 0.246 e. The van der Waals surface area contributed by atoms with Crippen LogP contribution in [-0.4, -0.2) is 65.0 Å². The topological polar surface area (TPSA) is 85.8 Å². The molecule has 1 aliphatic rings. The number of benzene rings is 1. The number of ether oxygens (including phenoxy) is 1. The van der Waals surface area contributed by atoms with Crippen molar-refractivity contribution in [1.82, 2.24) is 9.88 Å². The fourth-order valence-electron chi connectivity index (χ4n) is 2.97. The summed E-state index contributed by atoms with van der Waals surface area (Å²) in [4.78, 5) is 17.0. The molecule has 1 saturated heterocycles. The average Bonchev–Trinajstić information content (AvgIpc) is 3.00. The molecule has 6 heteroatoms.